The molecular weight excluding hydrogens is 444 g/mol. The summed E-state index contributed by atoms with van der Waals surface area (Å²) in [6, 6.07) is 13.2. The van der Waals surface area contributed by atoms with Crippen LogP contribution in [0.1, 0.15) is 104 Å². The lowest BCUT2D eigenvalue weighted by Gasteiger charge is -2.32. The van der Waals surface area contributed by atoms with Gasteiger partial charge in [-0.15, -0.1) is 0 Å². The highest BCUT2D eigenvalue weighted by atomic mass is 16.1. The summed E-state index contributed by atoms with van der Waals surface area (Å²) in [7, 11) is 0. The summed E-state index contributed by atoms with van der Waals surface area (Å²) in [5.74, 6) is 0.679. The van der Waals surface area contributed by atoms with Gasteiger partial charge in [0.05, 0.1) is 6.42 Å². The van der Waals surface area contributed by atoms with E-state index in [0.29, 0.717) is 6.42 Å². The summed E-state index contributed by atoms with van der Waals surface area (Å²) in [5.41, 5.74) is 7.24. The van der Waals surface area contributed by atoms with Crippen LogP contribution in [0.25, 0.3) is 0 Å². The Morgan fingerprint density at radius 2 is 1.64 bits per heavy atom. The first kappa shape index (κ1) is 28.0. The zero-order valence-corrected chi connectivity index (χ0v) is 23.0. The van der Waals surface area contributed by atoms with E-state index in [1.807, 2.05) is 0 Å². The monoisotopic (exact) mass is 488 g/mol. The van der Waals surface area contributed by atoms with E-state index in [2.05, 4.69) is 64.1 Å². The quantitative estimate of drug-likeness (QED) is 0.275. The molecule has 0 saturated heterocycles. The van der Waals surface area contributed by atoms with Crippen molar-refractivity contribution in [3.05, 3.63) is 69.8 Å². The Kier molecular flexibility index (Phi) is 10.2. The Labute approximate surface area is 218 Å². The van der Waals surface area contributed by atoms with E-state index in [9.17, 15) is 14.4 Å². The Hall–Kier alpha value is -2.55. The fourth-order valence-electron chi connectivity index (χ4n) is 6.26. The lowest BCUT2D eigenvalue weighted by molar-refractivity contribution is -0.129. The van der Waals surface area contributed by atoms with Crippen LogP contribution in [0.3, 0.4) is 0 Å². The SMILES string of the molecule is CCCC(CC1CC(=O)c2c(C)ccc(CCc3ccc(CC)cc3)c2C1)C(CC)C(=O)CC(C)=O. The van der Waals surface area contributed by atoms with Gasteiger partial charge >= 0.3 is 0 Å². The number of Topliss-reactive ketones (excluding diaryl/α,β-unsaturated/α-hetero) is 3. The fraction of sp³-hybridized carbons (Fsp3) is 0.545. The van der Waals surface area contributed by atoms with Crippen LogP contribution in [0.2, 0.25) is 0 Å². The average molecular weight is 489 g/mol. The van der Waals surface area contributed by atoms with Crippen molar-refractivity contribution in [2.75, 3.05) is 0 Å². The normalized spacial score (nSPS) is 16.9. The van der Waals surface area contributed by atoms with Gasteiger partial charge in [0.25, 0.3) is 0 Å². The maximum absolute atomic E-state index is 13.4. The minimum atomic E-state index is -0.0894. The van der Waals surface area contributed by atoms with Crippen LogP contribution >= 0.6 is 0 Å². The van der Waals surface area contributed by atoms with Crippen LogP contribution in [-0.2, 0) is 35.3 Å². The molecule has 36 heavy (non-hydrogen) atoms. The third kappa shape index (κ3) is 7.02. The van der Waals surface area contributed by atoms with E-state index >= 15 is 0 Å². The van der Waals surface area contributed by atoms with Crippen molar-refractivity contribution in [3.63, 3.8) is 0 Å². The number of aryl methyl sites for hydroxylation is 4. The van der Waals surface area contributed by atoms with Gasteiger partial charge in [-0.3, -0.25) is 14.4 Å². The summed E-state index contributed by atoms with van der Waals surface area (Å²) in [6.07, 6.45) is 8.07. The second-order valence-electron chi connectivity index (χ2n) is 10.9. The second kappa shape index (κ2) is 13.1. The number of ketones is 3. The van der Waals surface area contributed by atoms with Crippen LogP contribution in [-0.4, -0.2) is 17.3 Å². The molecule has 194 valence electrons. The van der Waals surface area contributed by atoms with Gasteiger partial charge in [0.15, 0.2) is 5.78 Å². The summed E-state index contributed by atoms with van der Waals surface area (Å²) in [6.45, 7) is 9.94. The number of hydrogen-bond donors (Lipinski definition) is 0. The number of hydrogen-bond acceptors (Lipinski definition) is 3. The molecule has 0 radical (unpaired) electrons. The number of carbonyl (C=O) groups is 3. The molecule has 3 heteroatoms. The molecule has 0 aliphatic heterocycles. The molecule has 0 bridgehead atoms. The van der Waals surface area contributed by atoms with Gasteiger partial charge in [0, 0.05) is 17.9 Å². The number of carbonyl (C=O) groups excluding carboxylic acids is 3. The summed E-state index contributed by atoms with van der Waals surface area (Å²) >= 11 is 0. The predicted molar refractivity (Wildman–Crippen MR) is 148 cm³/mol. The maximum Gasteiger partial charge on any atom is 0.163 e. The van der Waals surface area contributed by atoms with E-state index in [4.69, 9.17) is 0 Å². The molecule has 3 rings (SSSR count). The zero-order valence-electron chi connectivity index (χ0n) is 23.0. The van der Waals surface area contributed by atoms with Crippen LogP contribution in [0.5, 0.6) is 0 Å². The highest BCUT2D eigenvalue weighted by Crippen LogP contribution is 2.37. The topological polar surface area (TPSA) is 51.2 Å². The van der Waals surface area contributed by atoms with Crippen LogP contribution in [0.4, 0.5) is 0 Å². The van der Waals surface area contributed by atoms with Gasteiger partial charge in [-0.1, -0.05) is 70.0 Å². The summed E-state index contributed by atoms with van der Waals surface area (Å²) in [5, 5.41) is 0. The van der Waals surface area contributed by atoms with Gasteiger partial charge in [0.2, 0.25) is 0 Å². The molecule has 0 heterocycles. The molecule has 1 aliphatic carbocycles. The van der Waals surface area contributed by atoms with E-state index < -0.39 is 0 Å². The van der Waals surface area contributed by atoms with Crippen LogP contribution in [0, 0.1) is 24.7 Å². The largest absolute Gasteiger partial charge is 0.300 e. The summed E-state index contributed by atoms with van der Waals surface area (Å²) < 4.78 is 0. The van der Waals surface area contributed by atoms with Gasteiger partial charge in [-0.2, -0.15) is 0 Å². The number of fused-ring (bicyclic) bond motifs is 1. The third-order valence-corrected chi connectivity index (χ3v) is 8.12. The lowest BCUT2D eigenvalue weighted by Crippen LogP contribution is -2.30. The lowest BCUT2D eigenvalue weighted by atomic mass is 9.71. The smallest absolute Gasteiger partial charge is 0.163 e. The predicted octanol–water partition coefficient (Wildman–Crippen LogP) is 7.47. The third-order valence-electron chi connectivity index (χ3n) is 8.12. The molecule has 1 aliphatic rings. The highest BCUT2D eigenvalue weighted by Gasteiger charge is 2.33. The molecule has 0 spiro atoms. The number of rotatable bonds is 13. The molecule has 0 fully saturated rings. The number of benzene rings is 2. The first-order valence-corrected chi connectivity index (χ1v) is 14.0. The van der Waals surface area contributed by atoms with Crippen molar-refractivity contribution < 1.29 is 14.4 Å². The zero-order chi connectivity index (χ0) is 26.2. The average Bonchev–Trinajstić information content (AvgIpc) is 2.84. The Bertz CT molecular complexity index is 1060. The molecule has 0 saturated carbocycles. The Morgan fingerprint density at radius 1 is 0.944 bits per heavy atom. The minimum absolute atomic E-state index is 0.0354. The minimum Gasteiger partial charge on any atom is -0.300 e. The Morgan fingerprint density at radius 3 is 2.25 bits per heavy atom. The van der Waals surface area contributed by atoms with Crippen molar-refractivity contribution in [3.8, 4) is 0 Å². The molecule has 3 atom stereocenters. The summed E-state index contributed by atoms with van der Waals surface area (Å²) in [4.78, 5) is 37.9. The second-order valence-corrected chi connectivity index (χ2v) is 10.9. The molecule has 3 nitrogen and oxygen atoms in total. The van der Waals surface area contributed by atoms with E-state index in [1.54, 1.807) is 0 Å². The highest BCUT2D eigenvalue weighted by molar-refractivity contribution is 6.00. The molecule has 3 unspecified atom stereocenters. The molecule has 0 N–H and O–H groups in total. The standard InChI is InChI=1S/C33H44O3/c1-6-9-28(29(8-3)31(35)18-23(5)34)19-26-20-30-27(16-10-22(4)33(30)32(36)21-26)17-15-25-13-11-24(7-2)12-14-25/h10-14,16,26,28-29H,6-9,15,17-21H2,1-5H3. The molecule has 0 amide bonds. The molecule has 0 aromatic heterocycles. The van der Waals surface area contributed by atoms with Gasteiger partial charge in [-0.05, 0) is 92.0 Å². The van der Waals surface area contributed by atoms with E-state index in [0.717, 1.165) is 62.5 Å². The first-order valence-electron chi connectivity index (χ1n) is 14.0. The van der Waals surface area contributed by atoms with Gasteiger partial charge < -0.3 is 0 Å². The van der Waals surface area contributed by atoms with Crippen molar-refractivity contribution in [2.45, 2.75) is 98.8 Å². The molecule has 2 aromatic rings. The van der Waals surface area contributed by atoms with Crippen molar-refractivity contribution in [1.29, 1.82) is 0 Å². The first-order chi connectivity index (χ1) is 17.3. The van der Waals surface area contributed by atoms with E-state index in [-0.39, 0.29) is 41.5 Å². The van der Waals surface area contributed by atoms with Gasteiger partial charge in [0.1, 0.15) is 11.6 Å². The van der Waals surface area contributed by atoms with Crippen molar-refractivity contribution >= 4 is 17.3 Å². The Balaban J connectivity index is 1.80. The van der Waals surface area contributed by atoms with Gasteiger partial charge in [-0.25, -0.2) is 0 Å². The van der Waals surface area contributed by atoms with Crippen LogP contribution < -0.4 is 0 Å². The van der Waals surface area contributed by atoms with Crippen molar-refractivity contribution in [2.24, 2.45) is 17.8 Å². The fourth-order valence-corrected chi connectivity index (χ4v) is 6.26. The maximum atomic E-state index is 13.4. The molecule has 2 aromatic carbocycles. The van der Waals surface area contributed by atoms with Crippen LogP contribution in [0.15, 0.2) is 36.4 Å². The van der Waals surface area contributed by atoms with Crippen molar-refractivity contribution in [1.82, 2.24) is 0 Å². The van der Waals surface area contributed by atoms with E-state index in [1.165, 1.54) is 29.2 Å². The molecular formula is C33H44O3.